The molecule has 0 bridgehead atoms. The molecule has 5 aliphatic rings. The molecule has 25 heavy (non-hydrogen) atoms. The Kier molecular flexibility index (Phi) is 4.90. The summed E-state index contributed by atoms with van der Waals surface area (Å²) in [5.41, 5.74) is 1.82. The minimum Gasteiger partial charge on any atom is -0.0882 e. The van der Waals surface area contributed by atoms with Gasteiger partial charge in [-0.1, -0.05) is 58.5 Å². The van der Waals surface area contributed by atoms with Gasteiger partial charge in [0.2, 0.25) is 0 Å². The van der Waals surface area contributed by atoms with Gasteiger partial charge in [-0.2, -0.15) is 0 Å². The normalized spacial score (nSPS) is 48.9. The number of alkyl halides is 1. The van der Waals surface area contributed by atoms with Gasteiger partial charge in [0.1, 0.15) is 0 Å². The lowest BCUT2D eigenvalue weighted by molar-refractivity contribution is 0.103. The number of hydrogen-bond donors (Lipinski definition) is 0. The molecule has 136 valence electrons. The summed E-state index contributed by atoms with van der Waals surface area (Å²) in [6.45, 7) is 0. The van der Waals surface area contributed by atoms with E-state index in [2.05, 4.69) is 53.0 Å². The Hall–Kier alpha value is -0.0500. The Bertz CT molecular complexity index is 585. The van der Waals surface area contributed by atoms with Crippen LogP contribution in [0.2, 0.25) is 0 Å². The van der Waals surface area contributed by atoms with E-state index in [4.69, 9.17) is 0 Å². The highest BCUT2D eigenvalue weighted by Gasteiger charge is 2.41. The van der Waals surface area contributed by atoms with Crippen LogP contribution < -0.4 is 0 Å². The van der Waals surface area contributed by atoms with Crippen LogP contribution in [0.1, 0.15) is 64.2 Å². The van der Waals surface area contributed by atoms with Crippen LogP contribution in [0.3, 0.4) is 0 Å². The fraction of sp³-hybridized carbons (Fsp3) is 0.750. The number of halogens is 1. The van der Waals surface area contributed by atoms with Gasteiger partial charge in [-0.3, -0.25) is 0 Å². The fourth-order valence-corrected chi connectivity index (χ4v) is 7.92. The summed E-state index contributed by atoms with van der Waals surface area (Å²) in [6.07, 6.45) is 27.5. The molecule has 1 heteroatoms. The third-order valence-electron chi connectivity index (χ3n) is 8.37. The second-order valence-electron chi connectivity index (χ2n) is 9.62. The minimum atomic E-state index is 0.785. The van der Waals surface area contributed by atoms with Gasteiger partial charge in [0, 0.05) is 3.92 Å². The summed E-state index contributed by atoms with van der Waals surface area (Å²) in [6, 6.07) is 0. The van der Waals surface area contributed by atoms with Crippen molar-refractivity contribution in [2.24, 2.45) is 41.4 Å². The summed E-state index contributed by atoms with van der Waals surface area (Å²) in [5, 5.41) is 0. The van der Waals surface area contributed by atoms with E-state index in [1.165, 1.54) is 64.2 Å². The number of fused-ring (bicyclic) bond motifs is 4. The molecule has 5 aliphatic carbocycles. The van der Waals surface area contributed by atoms with Crippen molar-refractivity contribution in [2.75, 3.05) is 0 Å². The maximum absolute atomic E-state index is 2.70. The largest absolute Gasteiger partial charge is 0.0882 e. The fourth-order valence-electron chi connectivity index (χ4n) is 6.98. The minimum absolute atomic E-state index is 0.785. The van der Waals surface area contributed by atoms with Crippen LogP contribution >= 0.6 is 22.6 Å². The lowest BCUT2D eigenvalue weighted by Crippen LogP contribution is -2.37. The average molecular weight is 448 g/mol. The van der Waals surface area contributed by atoms with Gasteiger partial charge >= 0.3 is 0 Å². The van der Waals surface area contributed by atoms with E-state index < -0.39 is 0 Å². The second-order valence-corrected chi connectivity index (χ2v) is 11.4. The van der Waals surface area contributed by atoms with E-state index in [-0.39, 0.29) is 0 Å². The Labute approximate surface area is 167 Å². The van der Waals surface area contributed by atoms with Crippen LogP contribution in [0.25, 0.3) is 0 Å². The molecule has 0 aromatic carbocycles. The second kappa shape index (κ2) is 7.17. The lowest BCUT2D eigenvalue weighted by Gasteiger charge is -2.47. The molecule has 0 saturated heterocycles. The van der Waals surface area contributed by atoms with Crippen molar-refractivity contribution in [1.82, 2.24) is 0 Å². The van der Waals surface area contributed by atoms with Crippen LogP contribution in [0.5, 0.6) is 0 Å². The van der Waals surface area contributed by atoms with Crippen LogP contribution in [-0.2, 0) is 0 Å². The van der Waals surface area contributed by atoms with E-state index in [0.717, 1.165) is 45.3 Å². The Morgan fingerprint density at radius 3 is 2.68 bits per heavy atom. The Balaban J connectivity index is 1.30. The molecular weight excluding hydrogens is 415 g/mol. The van der Waals surface area contributed by atoms with Crippen molar-refractivity contribution in [3.63, 3.8) is 0 Å². The van der Waals surface area contributed by atoms with Gasteiger partial charge in [-0.15, -0.1) is 0 Å². The number of allylic oxidation sites excluding steroid dienone is 6. The van der Waals surface area contributed by atoms with Crippen LogP contribution in [0.4, 0.5) is 0 Å². The van der Waals surface area contributed by atoms with Gasteiger partial charge in [-0.25, -0.2) is 0 Å². The molecule has 0 aliphatic heterocycles. The summed E-state index contributed by atoms with van der Waals surface area (Å²) in [7, 11) is 0. The monoisotopic (exact) mass is 448 g/mol. The number of rotatable bonds is 1. The van der Waals surface area contributed by atoms with Crippen molar-refractivity contribution in [2.45, 2.75) is 68.1 Å². The molecule has 5 unspecified atom stereocenters. The lowest BCUT2D eigenvalue weighted by atomic mass is 9.58. The highest BCUT2D eigenvalue weighted by Crippen LogP contribution is 2.51. The van der Waals surface area contributed by atoms with Gasteiger partial charge in [0.05, 0.1) is 0 Å². The zero-order valence-electron chi connectivity index (χ0n) is 15.5. The van der Waals surface area contributed by atoms with E-state index in [1.807, 2.05) is 5.57 Å². The molecule has 0 amide bonds. The molecule has 2 saturated carbocycles. The molecule has 0 aromatic heterocycles. The molecule has 0 heterocycles. The number of hydrogen-bond acceptors (Lipinski definition) is 0. The first-order valence-corrected chi connectivity index (χ1v) is 12.2. The zero-order valence-corrected chi connectivity index (χ0v) is 17.6. The van der Waals surface area contributed by atoms with Gasteiger partial charge in [0.25, 0.3) is 0 Å². The van der Waals surface area contributed by atoms with Crippen LogP contribution in [-0.4, -0.2) is 3.92 Å². The maximum atomic E-state index is 2.70. The van der Waals surface area contributed by atoms with E-state index in [9.17, 15) is 0 Å². The molecule has 0 radical (unpaired) electrons. The van der Waals surface area contributed by atoms with E-state index in [1.54, 1.807) is 0 Å². The molecule has 0 spiro atoms. The first kappa shape index (κ1) is 17.1. The van der Waals surface area contributed by atoms with Crippen molar-refractivity contribution < 1.29 is 0 Å². The van der Waals surface area contributed by atoms with Crippen LogP contribution in [0.15, 0.2) is 36.0 Å². The smallest absolute Gasteiger partial charge is 0.0115 e. The average Bonchev–Trinajstić information content (AvgIpc) is 2.67. The summed E-state index contributed by atoms with van der Waals surface area (Å²) in [4.78, 5) is 0. The first-order chi connectivity index (χ1) is 12.3. The molecular formula is C24H33I. The SMILES string of the molecule is IC1CCC2C[C@@H](C3=CC[C@H]4C(CC[C@H]5CCC=CC54)C3)C=CC2C1. The highest BCUT2D eigenvalue weighted by atomic mass is 127. The third-order valence-corrected chi connectivity index (χ3v) is 9.50. The Morgan fingerprint density at radius 1 is 0.840 bits per heavy atom. The standard InChI is InChI=1S/C24H33I/c25-22-11-9-18-13-17(6-7-20(18)15-22)19-10-12-24-21(14-19)8-5-16-3-1-2-4-23(16)24/h2,4,6-7,10,16-18,20-24H,1,3,5,8-9,11-15H2/t16-,17+,18?,20?,21?,22?,23?,24+/m1/s1. The van der Waals surface area contributed by atoms with Crippen molar-refractivity contribution in [3.05, 3.63) is 36.0 Å². The molecule has 0 aromatic rings. The first-order valence-electron chi connectivity index (χ1n) is 11.0. The third kappa shape index (κ3) is 3.32. The van der Waals surface area contributed by atoms with Gasteiger partial charge < -0.3 is 0 Å². The van der Waals surface area contributed by atoms with Crippen molar-refractivity contribution in [3.8, 4) is 0 Å². The molecule has 2 fully saturated rings. The van der Waals surface area contributed by atoms with Crippen molar-refractivity contribution >= 4 is 22.6 Å². The van der Waals surface area contributed by atoms with Crippen molar-refractivity contribution in [1.29, 1.82) is 0 Å². The molecule has 8 atom stereocenters. The van der Waals surface area contributed by atoms with E-state index >= 15 is 0 Å². The highest BCUT2D eigenvalue weighted by molar-refractivity contribution is 14.1. The summed E-state index contributed by atoms with van der Waals surface area (Å²) >= 11 is 2.68. The predicted octanol–water partition coefficient (Wildman–Crippen LogP) is 7.11. The molecule has 0 nitrogen and oxygen atoms in total. The zero-order chi connectivity index (χ0) is 16.8. The summed E-state index contributed by atoms with van der Waals surface area (Å²) in [5.74, 6) is 6.54. The maximum Gasteiger partial charge on any atom is 0.0115 e. The van der Waals surface area contributed by atoms with Gasteiger partial charge in [-0.05, 0) is 106 Å². The quantitative estimate of drug-likeness (QED) is 0.228. The van der Waals surface area contributed by atoms with Gasteiger partial charge in [0.15, 0.2) is 0 Å². The molecule has 0 N–H and O–H groups in total. The van der Waals surface area contributed by atoms with E-state index in [0.29, 0.717) is 0 Å². The Morgan fingerprint density at radius 2 is 1.72 bits per heavy atom. The molecule has 5 rings (SSSR count). The predicted molar refractivity (Wildman–Crippen MR) is 115 cm³/mol. The van der Waals surface area contributed by atoms with Crippen LogP contribution in [0, 0.1) is 41.4 Å². The summed E-state index contributed by atoms with van der Waals surface area (Å²) < 4.78 is 0.924. The topological polar surface area (TPSA) is 0 Å².